The number of allylic oxidation sites excluding steroid dienone is 2. The molecule has 0 aromatic rings. The molecule has 712 valence electrons. The maximum absolute atomic E-state index is 14.9. The van der Waals surface area contributed by atoms with E-state index in [1.54, 1.807) is 0 Å². The van der Waals surface area contributed by atoms with E-state index in [-0.39, 0.29) is 25.7 Å². The van der Waals surface area contributed by atoms with E-state index in [9.17, 15) is 74.6 Å². The highest BCUT2D eigenvalue weighted by Gasteiger charge is 2.60. The summed E-state index contributed by atoms with van der Waals surface area (Å²) in [5.74, 6) is -2.33. The molecule has 1 aliphatic carbocycles. The van der Waals surface area contributed by atoms with E-state index in [4.69, 9.17) is 46.9 Å². The number of aliphatic hydroxyl groups is 9. The molecule has 2 aliphatic heterocycles. The van der Waals surface area contributed by atoms with Crippen molar-refractivity contribution in [1.82, 2.24) is 0 Å². The first-order chi connectivity index (χ1) is 58.6. The number of ether oxygens (including phenoxy) is 8. The Balaban J connectivity index is 1.91. The van der Waals surface area contributed by atoms with Crippen LogP contribution < -0.4 is 0 Å². The topological polar surface area (TPSA) is 380 Å². The van der Waals surface area contributed by atoms with Crippen molar-refractivity contribution in [3.8, 4) is 0 Å². The quantitative estimate of drug-likeness (QED) is 0.00889. The highest BCUT2D eigenvalue weighted by molar-refractivity contribution is 7.47. The number of hydrogen-bond donors (Lipinski definition) is 10. The van der Waals surface area contributed by atoms with Crippen LogP contribution >= 0.6 is 7.82 Å². The number of esters is 4. The van der Waals surface area contributed by atoms with E-state index in [2.05, 4.69) is 46.8 Å². The van der Waals surface area contributed by atoms with Crippen molar-refractivity contribution in [3.63, 3.8) is 0 Å². The van der Waals surface area contributed by atoms with Gasteiger partial charge < -0.3 is 88.7 Å². The molecule has 0 aromatic heterocycles. The van der Waals surface area contributed by atoms with Crippen LogP contribution in [-0.4, -0.2) is 205 Å². The van der Waals surface area contributed by atoms with E-state index in [1.165, 1.54) is 193 Å². The molecule has 0 amide bonds. The van der Waals surface area contributed by atoms with Crippen LogP contribution in [0.5, 0.6) is 0 Å². The number of aliphatic hydroxyl groups excluding tert-OH is 9. The Morgan fingerprint density at radius 3 is 1.07 bits per heavy atom. The second-order valence-electron chi connectivity index (χ2n) is 35.6. The molecular formula is C95H177O25P. The second kappa shape index (κ2) is 73.0. The van der Waals surface area contributed by atoms with Gasteiger partial charge in [0.15, 0.2) is 24.8 Å². The van der Waals surface area contributed by atoms with Crippen LogP contribution in [0, 0.1) is 5.92 Å². The summed E-state index contributed by atoms with van der Waals surface area (Å²) >= 11 is 0. The van der Waals surface area contributed by atoms with Crippen molar-refractivity contribution in [3.05, 3.63) is 12.2 Å². The number of unbranched alkanes of at least 4 members (excludes halogenated alkanes) is 50. The Hall–Kier alpha value is -2.79. The standard InChI is InChI=1S/C95H177O25P/c1-6-10-14-18-22-25-28-31-34-37-39-41-44-47-54-60-66-78(97)111-71-75(114-80(99)68-62-56-49-46-43-40-36-33-30-27-24-20-16-12-8-3)72-113-121(109,110)120-93-91(118-94-88(107)84(103)82(101)76(70-96)115-94)87(106)86(105)90(117-81(100)69-63-57-51-50-53-59-65-74(5)64-58-52-21-17-13-9-4)92(93)119-95-89(108)85(104)83(102)77(116-95)73-112-79(98)67-61-55-48-45-42-38-35-32-29-26-23-19-15-11-7-2/h27,30,74-77,82-96,101-108H,6-26,28-29,31-73H2,1-5H3,(H,109,110)/b30-27-. The first-order valence-corrected chi connectivity index (χ1v) is 50.8. The van der Waals surface area contributed by atoms with Gasteiger partial charge in [0.1, 0.15) is 92.6 Å². The third-order valence-electron chi connectivity index (χ3n) is 24.4. The van der Waals surface area contributed by atoms with E-state index in [0.29, 0.717) is 44.4 Å². The SMILES string of the molecule is CCCCCC/C=C\CCCCCCCCCC(=O)OC(COC(=O)CCCCCCCCCCCCCCCCCC)COP(=O)(O)OC1C(OC2OC(CO)C(O)C(O)C2O)C(O)C(O)C(OC(=O)CCCCCCCCC(C)CCCCCCCC)C1OC1OC(COC(=O)CCCCCCCCCCCCCCCCC)C(O)C(O)C1O. The summed E-state index contributed by atoms with van der Waals surface area (Å²) in [6.45, 7) is 7.93. The zero-order valence-corrected chi connectivity index (χ0v) is 77.2. The first kappa shape index (κ1) is 112. The summed E-state index contributed by atoms with van der Waals surface area (Å²) in [5.41, 5.74) is 0. The molecule has 25 nitrogen and oxygen atoms in total. The van der Waals surface area contributed by atoms with Gasteiger partial charge >= 0.3 is 31.7 Å². The third-order valence-corrected chi connectivity index (χ3v) is 25.4. The van der Waals surface area contributed by atoms with Crippen molar-refractivity contribution in [2.45, 2.75) is 537 Å². The van der Waals surface area contributed by atoms with Crippen molar-refractivity contribution < 1.29 is 122 Å². The van der Waals surface area contributed by atoms with Crippen LogP contribution in [0.3, 0.4) is 0 Å². The smallest absolute Gasteiger partial charge is 0.463 e. The third kappa shape index (κ3) is 53.1. The lowest BCUT2D eigenvalue weighted by Gasteiger charge is -2.50. The van der Waals surface area contributed by atoms with Crippen LogP contribution in [-0.2, 0) is 70.7 Å². The van der Waals surface area contributed by atoms with Crippen LogP contribution in [0.4, 0.5) is 0 Å². The molecule has 26 heteroatoms. The molecule has 19 atom stereocenters. The predicted octanol–water partition coefficient (Wildman–Crippen LogP) is 19.0. The Bertz CT molecular complexity index is 2570. The molecule has 0 bridgehead atoms. The van der Waals surface area contributed by atoms with Gasteiger partial charge in [-0.2, -0.15) is 0 Å². The molecule has 19 unspecified atom stereocenters. The summed E-state index contributed by atoms with van der Waals surface area (Å²) in [7, 11) is -5.81. The lowest BCUT2D eigenvalue weighted by atomic mass is 9.84. The number of carbonyl (C=O) groups excluding carboxylic acids is 4. The molecule has 3 rings (SSSR count). The highest BCUT2D eigenvalue weighted by atomic mass is 31.2. The van der Waals surface area contributed by atoms with E-state index in [1.807, 2.05) is 0 Å². The van der Waals surface area contributed by atoms with Gasteiger partial charge in [0, 0.05) is 25.7 Å². The molecule has 1 saturated carbocycles. The van der Waals surface area contributed by atoms with Crippen molar-refractivity contribution >= 4 is 31.7 Å². The molecule has 2 saturated heterocycles. The summed E-state index contributed by atoms with van der Waals surface area (Å²) < 4.78 is 73.6. The first-order valence-electron chi connectivity index (χ1n) is 49.3. The van der Waals surface area contributed by atoms with Crippen LogP contribution in [0.15, 0.2) is 12.2 Å². The van der Waals surface area contributed by atoms with Crippen LogP contribution in [0.25, 0.3) is 0 Å². The van der Waals surface area contributed by atoms with Gasteiger partial charge in [-0.05, 0) is 57.3 Å². The fraction of sp³-hybridized carbons (Fsp3) is 0.937. The summed E-state index contributed by atoms with van der Waals surface area (Å²) in [6, 6.07) is 0. The number of phosphoric acid groups is 1. The van der Waals surface area contributed by atoms with Crippen molar-refractivity contribution in [2.75, 3.05) is 26.4 Å². The fourth-order valence-electron chi connectivity index (χ4n) is 16.5. The minimum atomic E-state index is -5.81. The molecule has 121 heavy (non-hydrogen) atoms. The fourth-order valence-corrected chi connectivity index (χ4v) is 17.5. The average Bonchev–Trinajstić information content (AvgIpc) is 0.754. The lowest BCUT2D eigenvalue weighted by Crippen LogP contribution is -2.70. The molecule has 2 heterocycles. The zero-order chi connectivity index (χ0) is 88.4. The molecule has 0 spiro atoms. The molecule has 3 fully saturated rings. The number of rotatable bonds is 80. The van der Waals surface area contributed by atoms with Crippen LogP contribution in [0.1, 0.15) is 433 Å². The van der Waals surface area contributed by atoms with Gasteiger partial charge in [0.2, 0.25) is 0 Å². The van der Waals surface area contributed by atoms with Gasteiger partial charge in [0.05, 0.1) is 13.2 Å². The largest absolute Gasteiger partial charge is 0.472 e. The number of carbonyl (C=O) groups is 4. The Morgan fingerprint density at radius 1 is 0.347 bits per heavy atom. The van der Waals surface area contributed by atoms with E-state index in [0.717, 1.165) is 141 Å². The molecule has 3 aliphatic rings. The molecule has 0 aromatic carbocycles. The average molecular weight is 1750 g/mol. The van der Waals surface area contributed by atoms with Crippen LogP contribution in [0.2, 0.25) is 0 Å². The summed E-state index contributed by atoms with van der Waals surface area (Å²) in [4.78, 5) is 66.7. The zero-order valence-electron chi connectivity index (χ0n) is 76.3. The Kier molecular flexibility index (Phi) is 67.8. The maximum atomic E-state index is 14.9. The molecule has 0 radical (unpaired) electrons. The monoisotopic (exact) mass is 1750 g/mol. The minimum absolute atomic E-state index is 0.0184. The Morgan fingerprint density at radius 2 is 0.669 bits per heavy atom. The Labute approximate surface area is 731 Å². The summed E-state index contributed by atoms with van der Waals surface area (Å²) in [6.07, 6.45) is 31.8. The minimum Gasteiger partial charge on any atom is -0.463 e. The molecular weight excluding hydrogens is 1570 g/mol. The second-order valence-corrected chi connectivity index (χ2v) is 37.0. The van der Waals surface area contributed by atoms with Gasteiger partial charge in [-0.25, -0.2) is 4.57 Å². The normalized spacial score (nSPS) is 24.9. The lowest BCUT2D eigenvalue weighted by molar-refractivity contribution is -0.360. The van der Waals surface area contributed by atoms with Gasteiger partial charge in [0.25, 0.3) is 0 Å². The van der Waals surface area contributed by atoms with Gasteiger partial charge in [-0.1, -0.05) is 368 Å². The maximum Gasteiger partial charge on any atom is 0.472 e. The van der Waals surface area contributed by atoms with Gasteiger partial charge in [-0.3, -0.25) is 28.2 Å². The van der Waals surface area contributed by atoms with Crippen molar-refractivity contribution in [1.29, 1.82) is 0 Å². The summed E-state index contributed by atoms with van der Waals surface area (Å²) in [5, 5.41) is 103. The van der Waals surface area contributed by atoms with Gasteiger partial charge in [-0.15, -0.1) is 0 Å². The number of hydrogen-bond acceptors (Lipinski definition) is 24. The van der Waals surface area contributed by atoms with E-state index >= 15 is 0 Å². The van der Waals surface area contributed by atoms with Crippen molar-refractivity contribution in [2.24, 2.45) is 5.92 Å². The predicted molar refractivity (Wildman–Crippen MR) is 472 cm³/mol. The molecule has 10 N–H and O–H groups in total. The highest BCUT2D eigenvalue weighted by Crippen LogP contribution is 2.49. The van der Waals surface area contributed by atoms with E-state index < -0.39 is 162 Å². The number of phosphoric ester groups is 1.